The Morgan fingerprint density at radius 1 is 1.73 bits per heavy atom. The second kappa shape index (κ2) is 3.72. The van der Waals surface area contributed by atoms with Crippen LogP contribution in [0.5, 0.6) is 0 Å². The molecule has 1 unspecified atom stereocenters. The maximum atomic E-state index is 11.1. The third-order valence-corrected chi connectivity index (χ3v) is 2.02. The molecule has 0 spiro atoms. The van der Waals surface area contributed by atoms with Crippen LogP contribution >= 0.6 is 0 Å². The lowest BCUT2D eigenvalue weighted by molar-refractivity contribution is -0.136. The van der Waals surface area contributed by atoms with Crippen LogP contribution < -0.4 is 0 Å². The van der Waals surface area contributed by atoms with Crippen molar-refractivity contribution in [2.24, 2.45) is 0 Å². The van der Waals surface area contributed by atoms with Crippen LogP contribution in [0.4, 0.5) is 0 Å². The van der Waals surface area contributed by atoms with Gasteiger partial charge in [0, 0.05) is 13.0 Å². The third-order valence-electron chi connectivity index (χ3n) is 2.02. The molecule has 0 saturated carbocycles. The third kappa shape index (κ3) is 1.93. The highest BCUT2D eigenvalue weighted by molar-refractivity contribution is 5.78. The van der Waals surface area contributed by atoms with Gasteiger partial charge in [0.05, 0.1) is 0 Å². The topological polar surface area (TPSA) is 40.5 Å². The van der Waals surface area contributed by atoms with Crippen LogP contribution in [0.1, 0.15) is 32.6 Å². The molecule has 0 aromatic carbocycles. The van der Waals surface area contributed by atoms with Crippen LogP contribution in [0, 0.1) is 0 Å². The molecule has 0 radical (unpaired) electrons. The van der Waals surface area contributed by atoms with E-state index < -0.39 is 6.23 Å². The van der Waals surface area contributed by atoms with Gasteiger partial charge in [0.2, 0.25) is 5.91 Å². The van der Waals surface area contributed by atoms with Crippen molar-refractivity contribution in [1.29, 1.82) is 0 Å². The maximum absolute atomic E-state index is 11.1. The molecular formula is C8H15NO2. The minimum Gasteiger partial charge on any atom is -0.374 e. The van der Waals surface area contributed by atoms with E-state index in [-0.39, 0.29) is 5.91 Å². The van der Waals surface area contributed by atoms with Crippen molar-refractivity contribution < 1.29 is 9.90 Å². The van der Waals surface area contributed by atoms with Crippen LogP contribution in [0.2, 0.25) is 0 Å². The number of hydrogen-bond donors (Lipinski definition) is 1. The Hall–Kier alpha value is -0.570. The van der Waals surface area contributed by atoms with Crippen LogP contribution in [-0.2, 0) is 4.79 Å². The second-order valence-electron chi connectivity index (χ2n) is 2.96. The zero-order valence-corrected chi connectivity index (χ0v) is 6.92. The van der Waals surface area contributed by atoms with E-state index in [1.165, 1.54) is 0 Å². The number of aliphatic hydroxyl groups is 1. The van der Waals surface area contributed by atoms with E-state index >= 15 is 0 Å². The standard InChI is InChI=1S/C8H15NO2/c1-2-4-7(10)9-6-3-5-8(9)11/h7,10H,2-6H2,1H3. The molecule has 1 fully saturated rings. The van der Waals surface area contributed by atoms with Crippen molar-refractivity contribution in [2.75, 3.05) is 6.54 Å². The van der Waals surface area contributed by atoms with Crippen LogP contribution in [0.25, 0.3) is 0 Å². The van der Waals surface area contributed by atoms with Gasteiger partial charge in [-0.2, -0.15) is 0 Å². The fourth-order valence-electron chi connectivity index (χ4n) is 1.40. The fraction of sp³-hybridized carbons (Fsp3) is 0.875. The first-order valence-electron chi connectivity index (χ1n) is 4.23. The summed E-state index contributed by atoms with van der Waals surface area (Å²) in [6.45, 7) is 2.74. The lowest BCUT2D eigenvalue weighted by Crippen LogP contribution is -2.35. The van der Waals surface area contributed by atoms with Crippen molar-refractivity contribution in [3.8, 4) is 0 Å². The number of aliphatic hydroxyl groups excluding tert-OH is 1. The molecule has 1 aliphatic heterocycles. The Balaban J connectivity index is 2.39. The zero-order chi connectivity index (χ0) is 8.27. The number of carbonyl (C=O) groups excluding carboxylic acids is 1. The molecule has 1 saturated heterocycles. The van der Waals surface area contributed by atoms with Crippen molar-refractivity contribution in [1.82, 2.24) is 4.90 Å². The SMILES string of the molecule is CCCC(O)N1CCCC1=O. The van der Waals surface area contributed by atoms with Gasteiger partial charge in [0.15, 0.2) is 0 Å². The van der Waals surface area contributed by atoms with Crippen molar-refractivity contribution in [3.05, 3.63) is 0 Å². The molecule has 3 heteroatoms. The molecule has 3 nitrogen and oxygen atoms in total. The van der Waals surface area contributed by atoms with Gasteiger partial charge in [-0.3, -0.25) is 4.79 Å². The van der Waals surface area contributed by atoms with Gasteiger partial charge in [0.25, 0.3) is 0 Å². The molecule has 0 aliphatic carbocycles. The highest BCUT2D eigenvalue weighted by atomic mass is 16.3. The zero-order valence-electron chi connectivity index (χ0n) is 6.92. The molecule has 0 bridgehead atoms. The molecule has 1 aliphatic rings. The summed E-state index contributed by atoms with van der Waals surface area (Å²) in [4.78, 5) is 12.6. The summed E-state index contributed by atoms with van der Waals surface area (Å²) in [5.41, 5.74) is 0. The van der Waals surface area contributed by atoms with Gasteiger partial charge >= 0.3 is 0 Å². The summed E-state index contributed by atoms with van der Waals surface area (Å²) in [6.07, 6.45) is 2.60. The van der Waals surface area contributed by atoms with Gasteiger partial charge in [0.1, 0.15) is 6.23 Å². The minimum absolute atomic E-state index is 0.103. The van der Waals surface area contributed by atoms with E-state index in [4.69, 9.17) is 0 Å². The summed E-state index contributed by atoms with van der Waals surface area (Å²) in [5.74, 6) is 0.103. The van der Waals surface area contributed by atoms with E-state index in [1.807, 2.05) is 6.92 Å². The highest BCUT2D eigenvalue weighted by Crippen LogP contribution is 2.14. The summed E-state index contributed by atoms with van der Waals surface area (Å²) >= 11 is 0. The number of hydrogen-bond acceptors (Lipinski definition) is 2. The summed E-state index contributed by atoms with van der Waals surface area (Å²) in [5, 5.41) is 9.42. The van der Waals surface area contributed by atoms with Gasteiger partial charge < -0.3 is 10.0 Å². The van der Waals surface area contributed by atoms with Gasteiger partial charge in [-0.1, -0.05) is 13.3 Å². The Bertz CT molecular complexity index is 147. The molecular weight excluding hydrogens is 142 g/mol. The largest absolute Gasteiger partial charge is 0.374 e. The predicted octanol–water partition coefficient (Wildman–Crippen LogP) is 0.727. The number of rotatable bonds is 3. The van der Waals surface area contributed by atoms with E-state index in [2.05, 4.69) is 0 Å². The smallest absolute Gasteiger partial charge is 0.224 e. The molecule has 1 rings (SSSR count). The summed E-state index contributed by atoms with van der Waals surface area (Å²) < 4.78 is 0. The highest BCUT2D eigenvalue weighted by Gasteiger charge is 2.25. The molecule has 0 aromatic heterocycles. The van der Waals surface area contributed by atoms with Gasteiger partial charge in [-0.15, -0.1) is 0 Å². The molecule has 64 valence electrons. The first kappa shape index (κ1) is 8.53. The summed E-state index contributed by atoms with van der Waals surface area (Å²) in [7, 11) is 0. The van der Waals surface area contributed by atoms with Crippen molar-refractivity contribution >= 4 is 5.91 Å². The Morgan fingerprint density at radius 3 is 2.91 bits per heavy atom. The molecule has 0 aromatic rings. The lowest BCUT2D eigenvalue weighted by atomic mass is 10.3. The van der Waals surface area contributed by atoms with E-state index in [1.54, 1.807) is 4.90 Å². The number of nitrogens with zero attached hydrogens (tertiary/aromatic N) is 1. The number of likely N-dealkylation sites (tertiary alicyclic amines) is 1. The molecule has 1 N–H and O–H groups in total. The second-order valence-corrected chi connectivity index (χ2v) is 2.96. The van der Waals surface area contributed by atoms with Crippen molar-refractivity contribution in [2.45, 2.75) is 38.8 Å². The fourth-order valence-corrected chi connectivity index (χ4v) is 1.40. The Morgan fingerprint density at radius 2 is 2.45 bits per heavy atom. The molecule has 11 heavy (non-hydrogen) atoms. The van der Waals surface area contributed by atoms with Gasteiger partial charge in [-0.25, -0.2) is 0 Å². The average molecular weight is 157 g/mol. The normalized spacial score (nSPS) is 20.9. The van der Waals surface area contributed by atoms with E-state index in [0.29, 0.717) is 12.8 Å². The van der Waals surface area contributed by atoms with Crippen molar-refractivity contribution in [3.63, 3.8) is 0 Å². The van der Waals surface area contributed by atoms with Crippen LogP contribution in [0.15, 0.2) is 0 Å². The minimum atomic E-state index is -0.532. The number of carbonyl (C=O) groups is 1. The monoisotopic (exact) mass is 157 g/mol. The first-order chi connectivity index (χ1) is 5.25. The number of amides is 1. The van der Waals surface area contributed by atoms with Crippen LogP contribution in [-0.4, -0.2) is 28.7 Å². The molecule has 1 amide bonds. The first-order valence-corrected chi connectivity index (χ1v) is 4.23. The lowest BCUT2D eigenvalue weighted by Gasteiger charge is -2.21. The Kier molecular flexibility index (Phi) is 2.88. The van der Waals surface area contributed by atoms with Gasteiger partial charge in [-0.05, 0) is 12.8 Å². The van der Waals surface area contributed by atoms with E-state index in [9.17, 15) is 9.90 Å². The predicted molar refractivity (Wildman–Crippen MR) is 41.9 cm³/mol. The van der Waals surface area contributed by atoms with Crippen LogP contribution in [0.3, 0.4) is 0 Å². The molecule has 1 heterocycles. The average Bonchev–Trinajstić information content (AvgIpc) is 2.36. The van der Waals surface area contributed by atoms with E-state index in [0.717, 1.165) is 19.4 Å². The Labute approximate surface area is 67.0 Å². The maximum Gasteiger partial charge on any atom is 0.224 e. The summed E-state index contributed by atoms with van der Waals surface area (Å²) in [6, 6.07) is 0. The quantitative estimate of drug-likeness (QED) is 0.656. The molecule has 1 atom stereocenters.